The Morgan fingerprint density at radius 1 is 1.21 bits per heavy atom. The van der Waals surface area contributed by atoms with E-state index < -0.39 is 0 Å². The topological polar surface area (TPSA) is 18.5 Å². The average molecular weight is 212 g/mol. The quantitative estimate of drug-likeness (QED) is 0.756. The van der Waals surface area contributed by atoms with Crippen LogP contribution in [-0.4, -0.2) is 19.5 Å². The van der Waals surface area contributed by atoms with Crippen molar-refractivity contribution in [3.8, 4) is 11.5 Å². The molecule has 0 aliphatic rings. The second-order valence-corrected chi connectivity index (χ2v) is 3.64. The molecule has 2 nitrogen and oxygen atoms in total. The lowest BCUT2D eigenvalue weighted by Gasteiger charge is -2.10. The van der Waals surface area contributed by atoms with E-state index in [0.717, 1.165) is 17.3 Å². The Kier molecular flexibility index (Phi) is 4.66. The van der Waals surface area contributed by atoms with E-state index in [1.807, 2.05) is 24.3 Å². The Morgan fingerprint density at radius 2 is 1.79 bits per heavy atom. The molecular weight excluding hydrogens is 196 g/mol. The van der Waals surface area contributed by atoms with Crippen molar-refractivity contribution in [3.05, 3.63) is 24.3 Å². The van der Waals surface area contributed by atoms with Crippen LogP contribution in [0.1, 0.15) is 6.92 Å². The maximum atomic E-state index is 5.55. The molecule has 0 amide bonds. The second-order valence-electron chi connectivity index (χ2n) is 3.27. The van der Waals surface area contributed by atoms with Crippen molar-refractivity contribution in [1.82, 2.24) is 0 Å². The molecular formula is C11H16O2S. The summed E-state index contributed by atoms with van der Waals surface area (Å²) in [6, 6.07) is 7.59. The molecule has 0 saturated carbocycles. The van der Waals surface area contributed by atoms with Gasteiger partial charge in [0.25, 0.3) is 0 Å². The normalized spacial score (nSPS) is 12.2. The standard InChI is InChI=1S/C11H16O2S/c1-9(8-14)7-13-11-5-3-10(12-2)4-6-11/h3-6,9,14H,7-8H2,1-2H3. The molecule has 0 radical (unpaired) electrons. The van der Waals surface area contributed by atoms with Gasteiger partial charge in [0.1, 0.15) is 11.5 Å². The fraction of sp³-hybridized carbons (Fsp3) is 0.455. The SMILES string of the molecule is COc1ccc(OCC(C)CS)cc1. The number of thiol groups is 1. The van der Waals surface area contributed by atoms with Gasteiger partial charge in [-0.3, -0.25) is 0 Å². The van der Waals surface area contributed by atoms with Crippen molar-refractivity contribution in [1.29, 1.82) is 0 Å². The maximum Gasteiger partial charge on any atom is 0.119 e. The van der Waals surface area contributed by atoms with Gasteiger partial charge in [-0.2, -0.15) is 12.6 Å². The Morgan fingerprint density at radius 3 is 2.29 bits per heavy atom. The summed E-state index contributed by atoms with van der Waals surface area (Å²) < 4.78 is 10.6. The van der Waals surface area contributed by atoms with Gasteiger partial charge in [-0.15, -0.1) is 0 Å². The van der Waals surface area contributed by atoms with Gasteiger partial charge in [-0.1, -0.05) is 6.92 Å². The molecule has 3 heteroatoms. The lowest BCUT2D eigenvalue weighted by Crippen LogP contribution is -2.09. The van der Waals surface area contributed by atoms with Crippen LogP contribution in [0.15, 0.2) is 24.3 Å². The highest BCUT2D eigenvalue weighted by Gasteiger charge is 2.00. The molecule has 0 N–H and O–H groups in total. The summed E-state index contributed by atoms with van der Waals surface area (Å²) in [6.45, 7) is 2.81. The molecule has 0 fully saturated rings. The molecule has 0 bridgehead atoms. The van der Waals surface area contributed by atoms with Crippen LogP contribution in [0.5, 0.6) is 11.5 Å². The van der Waals surface area contributed by atoms with Crippen LogP contribution in [0.25, 0.3) is 0 Å². The van der Waals surface area contributed by atoms with Crippen molar-refractivity contribution >= 4 is 12.6 Å². The van der Waals surface area contributed by atoms with Gasteiger partial charge >= 0.3 is 0 Å². The molecule has 1 aromatic carbocycles. The molecule has 78 valence electrons. The fourth-order valence-corrected chi connectivity index (χ4v) is 1.07. The second kappa shape index (κ2) is 5.81. The van der Waals surface area contributed by atoms with Crippen molar-refractivity contribution in [2.75, 3.05) is 19.5 Å². The van der Waals surface area contributed by atoms with Crippen LogP contribution >= 0.6 is 12.6 Å². The molecule has 14 heavy (non-hydrogen) atoms. The summed E-state index contributed by atoms with van der Waals surface area (Å²) in [7, 11) is 1.65. The fourth-order valence-electron chi connectivity index (χ4n) is 0.963. The monoisotopic (exact) mass is 212 g/mol. The third-order valence-electron chi connectivity index (χ3n) is 1.91. The minimum absolute atomic E-state index is 0.473. The van der Waals surface area contributed by atoms with Gasteiger partial charge in [0, 0.05) is 0 Å². The third-order valence-corrected chi connectivity index (χ3v) is 2.53. The smallest absolute Gasteiger partial charge is 0.119 e. The first-order valence-corrected chi connectivity index (χ1v) is 5.27. The summed E-state index contributed by atoms with van der Waals surface area (Å²) >= 11 is 4.19. The van der Waals surface area contributed by atoms with Crippen LogP contribution in [0.4, 0.5) is 0 Å². The Labute approximate surface area is 90.6 Å². The third kappa shape index (κ3) is 3.50. The van der Waals surface area contributed by atoms with E-state index in [0.29, 0.717) is 12.5 Å². The molecule has 1 aromatic rings. The average Bonchev–Trinajstić information content (AvgIpc) is 2.26. The van der Waals surface area contributed by atoms with Crippen LogP contribution in [0.2, 0.25) is 0 Å². The van der Waals surface area contributed by atoms with Crippen molar-refractivity contribution in [2.45, 2.75) is 6.92 Å². The van der Waals surface area contributed by atoms with E-state index in [4.69, 9.17) is 9.47 Å². The van der Waals surface area contributed by atoms with E-state index in [2.05, 4.69) is 19.6 Å². The lowest BCUT2D eigenvalue weighted by atomic mass is 10.2. The summed E-state index contributed by atoms with van der Waals surface area (Å²) in [5, 5.41) is 0. The van der Waals surface area contributed by atoms with Crippen molar-refractivity contribution < 1.29 is 9.47 Å². The molecule has 0 saturated heterocycles. The highest BCUT2D eigenvalue weighted by molar-refractivity contribution is 7.80. The highest BCUT2D eigenvalue weighted by Crippen LogP contribution is 2.17. The Hall–Kier alpha value is -0.830. The van der Waals surface area contributed by atoms with Gasteiger partial charge in [0.05, 0.1) is 13.7 Å². The molecule has 1 atom stereocenters. The highest BCUT2D eigenvalue weighted by atomic mass is 32.1. The van der Waals surface area contributed by atoms with Gasteiger partial charge in [-0.05, 0) is 35.9 Å². The van der Waals surface area contributed by atoms with E-state index in [1.165, 1.54) is 0 Å². The summed E-state index contributed by atoms with van der Waals surface area (Å²) in [4.78, 5) is 0. The first kappa shape index (κ1) is 11.2. The van der Waals surface area contributed by atoms with Crippen LogP contribution in [0.3, 0.4) is 0 Å². The number of ether oxygens (including phenoxy) is 2. The molecule has 0 aliphatic carbocycles. The van der Waals surface area contributed by atoms with E-state index in [9.17, 15) is 0 Å². The number of hydrogen-bond acceptors (Lipinski definition) is 3. The largest absolute Gasteiger partial charge is 0.497 e. The minimum atomic E-state index is 0.473. The molecule has 1 unspecified atom stereocenters. The Balaban J connectivity index is 2.43. The molecule has 1 rings (SSSR count). The number of rotatable bonds is 5. The number of methoxy groups -OCH3 is 1. The summed E-state index contributed by atoms with van der Waals surface area (Å²) in [5.41, 5.74) is 0. The van der Waals surface area contributed by atoms with Gasteiger partial charge < -0.3 is 9.47 Å². The predicted octanol–water partition coefficient (Wildman–Crippen LogP) is 2.64. The van der Waals surface area contributed by atoms with Crippen molar-refractivity contribution in [2.24, 2.45) is 5.92 Å². The zero-order chi connectivity index (χ0) is 10.4. The summed E-state index contributed by atoms with van der Waals surface area (Å²) in [5.74, 6) is 3.04. The van der Waals surface area contributed by atoms with Crippen LogP contribution in [-0.2, 0) is 0 Å². The molecule has 0 spiro atoms. The summed E-state index contributed by atoms with van der Waals surface area (Å²) in [6.07, 6.45) is 0. The molecule has 0 aromatic heterocycles. The van der Waals surface area contributed by atoms with Gasteiger partial charge in [-0.25, -0.2) is 0 Å². The van der Waals surface area contributed by atoms with Gasteiger partial charge in [0.2, 0.25) is 0 Å². The maximum absolute atomic E-state index is 5.55. The van der Waals surface area contributed by atoms with Crippen molar-refractivity contribution in [3.63, 3.8) is 0 Å². The van der Waals surface area contributed by atoms with Gasteiger partial charge in [0.15, 0.2) is 0 Å². The molecule has 0 heterocycles. The number of hydrogen-bond donors (Lipinski definition) is 1. The zero-order valence-corrected chi connectivity index (χ0v) is 9.46. The van der Waals surface area contributed by atoms with Crippen LogP contribution in [0, 0.1) is 5.92 Å². The number of benzene rings is 1. The molecule has 0 aliphatic heterocycles. The first-order chi connectivity index (χ1) is 6.76. The van der Waals surface area contributed by atoms with E-state index in [1.54, 1.807) is 7.11 Å². The minimum Gasteiger partial charge on any atom is -0.497 e. The van der Waals surface area contributed by atoms with E-state index >= 15 is 0 Å². The zero-order valence-electron chi connectivity index (χ0n) is 8.56. The predicted molar refractivity (Wildman–Crippen MR) is 61.5 cm³/mol. The van der Waals surface area contributed by atoms with Crippen LogP contribution < -0.4 is 9.47 Å². The first-order valence-electron chi connectivity index (χ1n) is 4.64. The lowest BCUT2D eigenvalue weighted by molar-refractivity contribution is 0.273. The Bertz CT molecular complexity index is 258. The van der Waals surface area contributed by atoms with E-state index in [-0.39, 0.29) is 0 Å².